The van der Waals surface area contributed by atoms with Crippen molar-refractivity contribution < 1.29 is 9.63 Å². The minimum absolute atomic E-state index is 0.235. The number of nitrogens with zero attached hydrogens (tertiary/aromatic N) is 2. The lowest BCUT2D eigenvalue weighted by Crippen LogP contribution is -2.28. The fourth-order valence-corrected chi connectivity index (χ4v) is 2.07. The molecule has 1 aromatic heterocycles. The van der Waals surface area contributed by atoms with Crippen molar-refractivity contribution in [3.8, 4) is 0 Å². The van der Waals surface area contributed by atoms with E-state index in [4.69, 9.17) is 4.84 Å². The number of aromatic nitrogens is 1. The van der Waals surface area contributed by atoms with Crippen LogP contribution in [0.3, 0.4) is 0 Å². The number of amides is 1. The zero-order valence-electron chi connectivity index (χ0n) is 11.6. The third-order valence-corrected chi connectivity index (χ3v) is 3.23. The molecule has 0 saturated carbocycles. The summed E-state index contributed by atoms with van der Waals surface area (Å²) in [6, 6.07) is 13.4. The minimum atomic E-state index is -0.608. The Morgan fingerprint density at radius 1 is 1.24 bits per heavy atom. The lowest BCUT2D eigenvalue weighted by atomic mass is 10.0. The number of carbonyl (C=O) groups excluding carboxylic acids is 1. The summed E-state index contributed by atoms with van der Waals surface area (Å²) in [5, 5.41) is 6.73. The molecule has 1 aromatic carbocycles. The van der Waals surface area contributed by atoms with Gasteiger partial charge in [-0.25, -0.2) is 4.98 Å². The minimum Gasteiger partial charge on any atom is -0.382 e. The molecule has 1 amide bonds. The molecular weight excluding hydrogens is 266 g/mol. The smallest absolute Gasteiger partial charge is 0.269 e. The zero-order valence-corrected chi connectivity index (χ0v) is 11.6. The van der Waals surface area contributed by atoms with E-state index in [1.165, 1.54) is 0 Å². The molecule has 2 aromatic rings. The van der Waals surface area contributed by atoms with Crippen LogP contribution in [-0.2, 0) is 9.63 Å². The number of nitrogens with one attached hydrogen (secondary N) is 1. The Morgan fingerprint density at radius 3 is 2.76 bits per heavy atom. The number of hydrogen-bond donors (Lipinski definition) is 1. The van der Waals surface area contributed by atoms with Gasteiger partial charge in [-0.05, 0) is 24.1 Å². The topological polar surface area (TPSA) is 63.6 Å². The van der Waals surface area contributed by atoms with Crippen LogP contribution in [0.25, 0.3) is 0 Å². The first kappa shape index (κ1) is 13.3. The second kappa shape index (κ2) is 5.75. The number of rotatable bonds is 3. The van der Waals surface area contributed by atoms with E-state index in [0.29, 0.717) is 12.2 Å². The highest BCUT2D eigenvalue weighted by Gasteiger charge is 2.28. The van der Waals surface area contributed by atoms with E-state index >= 15 is 0 Å². The summed E-state index contributed by atoms with van der Waals surface area (Å²) >= 11 is 0. The van der Waals surface area contributed by atoms with Gasteiger partial charge in [-0.15, -0.1) is 0 Å². The predicted octanol–water partition coefficient (Wildman–Crippen LogP) is 2.52. The van der Waals surface area contributed by atoms with Crippen molar-refractivity contribution in [2.75, 3.05) is 5.32 Å². The Kier molecular flexibility index (Phi) is 3.64. The maximum atomic E-state index is 12.1. The molecule has 0 spiro atoms. The van der Waals surface area contributed by atoms with Gasteiger partial charge >= 0.3 is 0 Å². The molecule has 1 aliphatic rings. The maximum absolute atomic E-state index is 12.1. The number of benzene rings is 1. The quantitative estimate of drug-likeness (QED) is 0.940. The largest absolute Gasteiger partial charge is 0.382 e. The molecule has 1 atom stereocenters. The standard InChI is InChI=1S/C16H15N3O2/c1-11-7-8-15(17-10-11)18-16(20)14-9-13(19-21-14)12-5-3-2-4-6-12/h2-8,10,14H,9H2,1H3,(H,17,18,20). The molecular formula is C16H15N3O2. The fourth-order valence-electron chi connectivity index (χ4n) is 2.07. The van der Waals surface area contributed by atoms with Gasteiger partial charge in [-0.3, -0.25) is 4.79 Å². The Bertz CT molecular complexity index is 666. The highest BCUT2D eigenvalue weighted by Crippen LogP contribution is 2.18. The van der Waals surface area contributed by atoms with Crippen molar-refractivity contribution >= 4 is 17.4 Å². The molecule has 5 heteroatoms. The number of carbonyl (C=O) groups is 1. The Balaban J connectivity index is 1.62. The predicted molar refractivity (Wildman–Crippen MR) is 80.1 cm³/mol. The van der Waals surface area contributed by atoms with Crippen molar-refractivity contribution in [3.05, 3.63) is 59.8 Å². The zero-order chi connectivity index (χ0) is 14.7. The van der Waals surface area contributed by atoms with E-state index in [1.54, 1.807) is 12.3 Å². The second-order valence-electron chi connectivity index (χ2n) is 4.91. The molecule has 21 heavy (non-hydrogen) atoms. The first-order chi connectivity index (χ1) is 10.2. The number of aryl methyl sites for hydroxylation is 1. The van der Waals surface area contributed by atoms with Crippen molar-refractivity contribution in [3.63, 3.8) is 0 Å². The van der Waals surface area contributed by atoms with Gasteiger partial charge in [-0.1, -0.05) is 41.6 Å². The summed E-state index contributed by atoms with van der Waals surface area (Å²) in [6.45, 7) is 1.94. The molecule has 2 heterocycles. The SMILES string of the molecule is Cc1ccc(NC(=O)C2CC(c3ccccc3)=NO2)nc1. The van der Waals surface area contributed by atoms with E-state index in [-0.39, 0.29) is 5.91 Å². The van der Waals surface area contributed by atoms with Crippen LogP contribution in [0, 0.1) is 6.92 Å². The summed E-state index contributed by atoms with van der Waals surface area (Å²) in [4.78, 5) is 21.5. The highest BCUT2D eigenvalue weighted by atomic mass is 16.6. The number of oxime groups is 1. The van der Waals surface area contributed by atoms with Gasteiger partial charge in [0.05, 0.1) is 5.71 Å². The first-order valence-electron chi connectivity index (χ1n) is 6.74. The van der Waals surface area contributed by atoms with Crippen LogP contribution in [-0.4, -0.2) is 22.7 Å². The molecule has 0 fully saturated rings. The molecule has 1 N–H and O–H groups in total. The maximum Gasteiger partial charge on any atom is 0.269 e. The highest BCUT2D eigenvalue weighted by molar-refractivity contribution is 6.05. The summed E-state index contributed by atoms with van der Waals surface area (Å²) < 4.78 is 0. The van der Waals surface area contributed by atoms with E-state index < -0.39 is 6.10 Å². The van der Waals surface area contributed by atoms with Crippen LogP contribution in [0.2, 0.25) is 0 Å². The average molecular weight is 281 g/mol. The molecule has 0 radical (unpaired) electrons. The molecule has 1 unspecified atom stereocenters. The summed E-state index contributed by atoms with van der Waals surface area (Å²) in [6.07, 6.45) is 1.56. The number of anilines is 1. The van der Waals surface area contributed by atoms with Crippen molar-refractivity contribution in [1.29, 1.82) is 0 Å². The Hall–Kier alpha value is -2.69. The average Bonchev–Trinajstić information content (AvgIpc) is 3.00. The molecule has 0 bridgehead atoms. The molecule has 3 rings (SSSR count). The number of pyridine rings is 1. The molecule has 5 nitrogen and oxygen atoms in total. The molecule has 0 aliphatic carbocycles. The van der Waals surface area contributed by atoms with Crippen LogP contribution in [0.4, 0.5) is 5.82 Å². The second-order valence-corrected chi connectivity index (χ2v) is 4.91. The van der Waals surface area contributed by atoms with Crippen LogP contribution in [0.1, 0.15) is 17.5 Å². The van der Waals surface area contributed by atoms with Crippen molar-refractivity contribution in [2.45, 2.75) is 19.4 Å². The first-order valence-corrected chi connectivity index (χ1v) is 6.74. The van der Waals surface area contributed by atoms with E-state index in [9.17, 15) is 4.79 Å². The normalized spacial score (nSPS) is 17.0. The lowest BCUT2D eigenvalue weighted by molar-refractivity contribution is -0.125. The summed E-state index contributed by atoms with van der Waals surface area (Å²) in [5.41, 5.74) is 2.80. The molecule has 1 aliphatic heterocycles. The van der Waals surface area contributed by atoms with Crippen LogP contribution in [0.15, 0.2) is 53.8 Å². The van der Waals surface area contributed by atoms with Gasteiger partial charge in [0.2, 0.25) is 6.10 Å². The van der Waals surface area contributed by atoms with Gasteiger partial charge < -0.3 is 10.2 Å². The van der Waals surface area contributed by atoms with Crippen molar-refractivity contribution in [2.24, 2.45) is 5.16 Å². The Morgan fingerprint density at radius 2 is 2.05 bits per heavy atom. The molecule has 0 saturated heterocycles. The van der Waals surface area contributed by atoms with Crippen LogP contribution >= 0.6 is 0 Å². The summed E-state index contributed by atoms with van der Waals surface area (Å²) in [7, 11) is 0. The van der Waals surface area contributed by atoms with Gasteiger partial charge in [0.15, 0.2) is 0 Å². The van der Waals surface area contributed by atoms with Gasteiger partial charge in [0.25, 0.3) is 5.91 Å². The van der Waals surface area contributed by atoms with Gasteiger partial charge in [0, 0.05) is 12.6 Å². The van der Waals surface area contributed by atoms with Gasteiger partial charge in [-0.2, -0.15) is 0 Å². The van der Waals surface area contributed by atoms with Crippen LogP contribution < -0.4 is 5.32 Å². The van der Waals surface area contributed by atoms with E-state index in [1.807, 2.05) is 43.3 Å². The lowest BCUT2D eigenvalue weighted by Gasteiger charge is -2.08. The fraction of sp³-hybridized carbons (Fsp3) is 0.188. The third-order valence-electron chi connectivity index (χ3n) is 3.23. The Labute approximate surface area is 122 Å². The number of hydrogen-bond acceptors (Lipinski definition) is 4. The molecule has 106 valence electrons. The van der Waals surface area contributed by atoms with E-state index in [0.717, 1.165) is 16.8 Å². The monoisotopic (exact) mass is 281 g/mol. The van der Waals surface area contributed by atoms with E-state index in [2.05, 4.69) is 15.5 Å². The van der Waals surface area contributed by atoms with Crippen molar-refractivity contribution in [1.82, 2.24) is 4.98 Å². The van der Waals surface area contributed by atoms with Crippen LogP contribution in [0.5, 0.6) is 0 Å². The summed E-state index contributed by atoms with van der Waals surface area (Å²) in [5.74, 6) is 0.281. The third kappa shape index (κ3) is 3.08. The van der Waals surface area contributed by atoms with Gasteiger partial charge in [0.1, 0.15) is 5.82 Å².